The maximum atomic E-state index is 13.9. The van der Waals surface area contributed by atoms with Crippen molar-refractivity contribution in [3.05, 3.63) is 51.8 Å². The first-order chi connectivity index (χ1) is 11.2. The van der Waals surface area contributed by atoms with Crippen LogP contribution in [-0.4, -0.2) is 21.5 Å². The molecule has 0 radical (unpaired) electrons. The van der Waals surface area contributed by atoms with Gasteiger partial charge in [0.05, 0.1) is 34.1 Å². The molecular formula is C14H11Cl2FN2O4S. The molecule has 0 aliphatic carbocycles. The minimum Gasteiger partial charge on any atom is -0.465 e. The molecule has 0 heterocycles. The highest BCUT2D eigenvalue weighted by atomic mass is 35.5. The average Bonchev–Trinajstić information content (AvgIpc) is 2.51. The fraction of sp³-hybridized carbons (Fsp3) is 0.0714. The molecule has 0 aliphatic heterocycles. The minimum absolute atomic E-state index is 0.0120. The zero-order chi connectivity index (χ0) is 18.1. The first kappa shape index (κ1) is 18.3. The molecule has 128 valence electrons. The van der Waals surface area contributed by atoms with Crippen LogP contribution in [0.4, 0.5) is 15.8 Å². The molecule has 2 aromatic rings. The van der Waals surface area contributed by atoms with E-state index in [2.05, 4.69) is 9.46 Å². The number of carbonyl (C=O) groups excluding carboxylic acids is 1. The second kappa shape index (κ2) is 6.84. The highest BCUT2D eigenvalue weighted by molar-refractivity contribution is 7.92. The standard InChI is InChI=1S/C14H11Cl2FN2O4S/c1-23-14(20)7-2-3-11(17)12(4-7)24(21,22)19-8-5-9(15)13(18)10(16)6-8/h2-6,19H,18H2,1H3. The minimum atomic E-state index is -4.35. The Bertz CT molecular complexity index is 896. The zero-order valence-electron chi connectivity index (χ0n) is 12.1. The van der Waals surface area contributed by atoms with Crippen molar-refractivity contribution in [2.75, 3.05) is 17.6 Å². The largest absolute Gasteiger partial charge is 0.465 e. The van der Waals surface area contributed by atoms with Gasteiger partial charge in [-0.3, -0.25) is 4.72 Å². The number of hydrogen-bond donors (Lipinski definition) is 2. The smallest absolute Gasteiger partial charge is 0.337 e. The number of methoxy groups -OCH3 is 1. The Morgan fingerprint density at radius 1 is 1.21 bits per heavy atom. The van der Waals surface area contributed by atoms with Gasteiger partial charge < -0.3 is 10.5 Å². The lowest BCUT2D eigenvalue weighted by molar-refractivity contribution is 0.0600. The molecule has 6 nitrogen and oxygen atoms in total. The Balaban J connectivity index is 2.46. The lowest BCUT2D eigenvalue weighted by Gasteiger charge is -2.11. The average molecular weight is 393 g/mol. The Kier molecular flexibility index (Phi) is 5.22. The molecule has 0 aliphatic rings. The van der Waals surface area contributed by atoms with Crippen LogP contribution >= 0.6 is 23.2 Å². The summed E-state index contributed by atoms with van der Waals surface area (Å²) in [7, 11) is -3.22. The third kappa shape index (κ3) is 3.72. The normalized spacial score (nSPS) is 11.2. The summed E-state index contributed by atoms with van der Waals surface area (Å²) >= 11 is 11.7. The van der Waals surface area contributed by atoms with Crippen molar-refractivity contribution in [1.29, 1.82) is 0 Å². The van der Waals surface area contributed by atoms with Crippen molar-refractivity contribution < 1.29 is 22.3 Å². The van der Waals surface area contributed by atoms with E-state index >= 15 is 0 Å². The Morgan fingerprint density at radius 3 is 2.33 bits per heavy atom. The number of carbonyl (C=O) groups is 1. The van der Waals surface area contributed by atoms with E-state index in [-0.39, 0.29) is 27.0 Å². The van der Waals surface area contributed by atoms with Gasteiger partial charge in [0.25, 0.3) is 10.0 Å². The molecule has 0 saturated heterocycles. The fourth-order valence-electron chi connectivity index (χ4n) is 1.81. The van der Waals surface area contributed by atoms with E-state index in [1.165, 1.54) is 12.1 Å². The van der Waals surface area contributed by atoms with Gasteiger partial charge in [0.15, 0.2) is 0 Å². The van der Waals surface area contributed by atoms with Crippen molar-refractivity contribution in [2.24, 2.45) is 0 Å². The van der Waals surface area contributed by atoms with Crippen LogP contribution in [0.25, 0.3) is 0 Å². The molecule has 24 heavy (non-hydrogen) atoms. The van der Waals surface area contributed by atoms with Crippen LogP contribution < -0.4 is 10.5 Å². The molecule has 0 atom stereocenters. The number of anilines is 2. The van der Waals surface area contributed by atoms with Crippen LogP contribution in [0.2, 0.25) is 10.0 Å². The van der Waals surface area contributed by atoms with Crippen LogP contribution in [-0.2, 0) is 14.8 Å². The number of halogens is 3. The number of nitrogens with one attached hydrogen (secondary N) is 1. The molecule has 10 heteroatoms. The third-order valence-electron chi connectivity index (χ3n) is 2.97. The van der Waals surface area contributed by atoms with Crippen molar-refractivity contribution in [1.82, 2.24) is 0 Å². The van der Waals surface area contributed by atoms with Gasteiger partial charge in [0.2, 0.25) is 0 Å². The monoisotopic (exact) mass is 392 g/mol. The highest BCUT2D eigenvalue weighted by Gasteiger charge is 2.22. The molecule has 2 aromatic carbocycles. The van der Waals surface area contributed by atoms with Crippen molar-refractivity contribution in [3.63, 3.8) is 0 Å². The van der Waals surface area contributed by atoms with Crippen LogP contribution in [0.15, 0.2) is 35.2 Å². The lowest BCUT2D eigenvalue weighted by Crippen LogP contribution is -2.16. The molecule has 3 N–H and O–H groups in total. The second-order valence-corrected chi connectivity index (χ2v) is 7.06. The Labute approximate surface area is 147 Å². The quantitative estimate of drug-likeness (QED) is 0.614. The highest BCUT2D eigenvalue weighted by Crippen LogP contribution is 2.32. The molecule has 0 unspecified atom stereocenters. The number of sulfonamides is 1. The second-order valence-electron chi connectivity index (χ2n) is 4.60. The van der Waals surface area contributed by atoms with Gasteiger partial charge in [-0.1, -0.05) is 23.2 Å². The van der Waals surface area contributed by atoms with E-state index in [1.807, 2.05) is 0 Å². The summed E-state index contributed by atoms with van der Waals surface area (Å²) in [6.45, 7) is 0. The molecule has 2 rings (SSSR count). The predicted molar refractivity (Wildman–Crippen MR) is 89.4 cm³/mol. The molecule has 0 fully saturated rings. The number of hydrogen-bond acceptors (Lipinski definition) is 5. The topological polar surface area (TPSA) is 98.5 Å². The Hall–Kier alpha value is -2.03. The van der Waals surface area contributed by atoms with Crippen LogP contribution in [0.3, 0.4) is 0 Å². The summed E-state index contributed by atoms with van der Waals surface area (Å²) < 4.78 is 45.3. The number of nitrogen functional groups attached to an aromatic ring is 1. The number of benzene rings is 2. The van der Waals surface area contributed by atoms with Gasteiger partial charge >= 0.3 is 5.97 Å². The first-order valence-corrected chi connectivity index (χ1v) is 8.55. The zero-order valence-corrected chi connectivity index (χ0v) is 14.5. The maximum absolute atomic E-state index is 13.9. The molecular weight excluding hydrogens is 382 g/mol. The Morgan fingerprint density at radius 2 is 1.79 bits per heavy atom. The van der Waals surface area contributed by atoms with Gasteiger partial charge in [0, 0.05) is 0 Å². The number of ether oxygens (including phenoxy) is 1. The van der Waals surface area contributed by atoms with Gasteiger partial charge in [-0.15, -0.1) is 0 Å². The number of nitrogens with two attached hydrogens (primary N) is 1. The van der Waals surface area contributed by atoms with Gasteiger partial charge in [-0.05, 0) is 30.3 Å². The third-order valence-corrected chi connectivity index (χ3v) is 4.99. The molecule has 0 bridgehead atoms. The maximum Gasteiger partial charge on any atom is 0.337 e. The van der Waals surface area contributed by atoms with E-state index in [4.69, 9.17) is 28.9 Å². The SMILES string of the molecule is COC(=O)c1ccc(F)c(S(=O)(=O)Nc2cc(Cl)c(N)c(Cl)c2)c1. The van der Waals surface area contributed by atoms with Gasteiger partial charge in [-0.25, -0.2) is 17.6 Å². The van der Waals surface area contributed by atoms with E-state index in [0.29, 0.717) is 0 Å². The molecule has 0 aromatic heterocycles. The molecule has 0 amide bonds. The summed E-state index contributed by atoms with van der Waals surface area (Å²) in [4.78, 5) is 10.8. The van der Waals surface area contributed by atoms with E-state index in [1.54, 1.807) is 0 Å². The van der Waals surface area contributed by atoms with Crippen LogP contribution in [0.1, 0.15) is 10.4 Å². The molecule has 0 spiro atoms. The predicted octanol–water partition coefficient (Wildman–Crippen LogP) is 3.30. The summed E-state index contributed by atoms with van der Waals surface area (Å²) in [5, 5.41) is 0.0629. The van der Waals surface area contributed by atoms with Gasteiger partial charge in [-0.2, -0.15) is 0 Å². The van der Waals surface area contributed by atoms with Crippen LogP contribution in [0.5, 0.6) is 0 Å². The summed E-state index contributed by atoms with van der Waals surface area (Å²) in [6, 6.07) is 5.27. The summed E-state index contributed by atoms with van der Waals surface area (Å²) in [5.41, 5.74) is 5.52. The number of rotatable bonds is 4. The lowest BCUT2D eigenvalue weighted by atomic mass is 10.2. The summed E-state index contributed by atoms with van der Waals surface area (Å²) in [5.74, 6) is -1.84. The van der Waals surface area contributed by atoms with E-state index in [0.717, 1.165) is 25.3 Å². The summed E-state index contributed by atoms with van der Waals surface area (Å²) in [6.07, 6.45) is 0. The molecule has 0 saturated carbocycles. The van der Waals surface area contributed by atoms with Gasteiger partial charge in [0.1, 0.15) is 10.7 Å². The van der Waals surface area contributed by atoms with Crippen LogP contribution in [0, 0.1) is 5.82 Å². The fourth-order valence-corrected chi connectivity index (χ4v) is 3.44. The van der Waals surface area contributed by atoms with E-state index in [9.17, 15) is 17.6 Å². The van der Waals surface area contributed by atoms with Crippen molar-refractivity contribution >= 4 is 50.6 Å². The van der Waals surface area contributed by atoms with E-state index < -0.39 is 26.7 Å². The first-order valence-electron chi connectivity index (χ1n) is 6.31. The number of esters is 1. The van der Waals surface area contributed by atoms with Crippen molar-refractivity contribution in [2.45, 2.75) is 4.90 Å². The van der Waals surface area contributed by atoms with Crippen molar-refractivity contribution in [3.8, 4) is 0 Å².